The summed E-state index contributed by atoms with van der Waals surface area (Å²) in [5.41, 5.74) is 1.43. The van der Waals surface area contributed by atoms with Crippen LogP contribution in [0.2, 0.25) is 0 Å². The lowest BCUT2D eigenvalue weighted by Crippen LogP contribution is -2.17. The first-order valence-electron chi connectivity index (χ1n) is 8.44. The molecule has 0 amide bonds. The summed E-state index contributed by atoms with van der Waals surface area (Å²) in [5.74, 6) is -2.40. The molecule has 0 saturated heterocycles. The summed E-state index contributed by atoms with van der Waals surface area (Å²) in [4.78, 5) is 36.7. The van der Waals surface area contributed by atoms with E-state index in [0.717, 1.165) is 0 Å². The van der Waals surface area contributed by atoms with Crippen molar-refractivity contribution < 1.29 is 23.9 Å². The van der Waals surface area contributed by atoms with Crippen molar-refractivity contribution in [2.45, 2.75) is 12.3 Å². The zero-order valence-corrected chi connectivity index (χ0v) is 14.7. The molecule has 1 N–H and O–H groups in total. The van der Waals surface area contributed by atoms with E-state index in [0.29, 0.717) is 16.7 Å². The number of aromatic carboxylic acids is 1. The molecular weight excluding hydrogens is 358 g/mol. The fraction of sp³-hybridized carbons (Fsp3) is 0.0909. The SMILES string of the molecule is N#Cc1ccc(C(=O)CC(C(=O)c2ccco2)c2ccc(C(=O)O)cc2)cc1. The lowest BCUT2D eigenvalue weighted by atomic mass is 9.86. The monoisotopic (exact) mass is 373 g/mol. The number of rotatable bonds is 7. The van der Waals surface area contributed by atoms with Crippen molar-refractivity contribution >= 4 is 17.5 Å². The maximum absolute atomic E-state index is 12.9. The summed E-state index contributed by atoms with van der Waals surface area (Å²) >= 11 is 0. The maximum Gasteiger partial charge on any atom is 0.335 e. The number of carbonyl (C=O) groups excluding carboxylic acids is 2. The van der Waals surface area contributed by atoms with Crippen LogP contribution >= 0.6 is 0 Å². The quantitative estimate of drug-likeness (QED) is 0.625. The van der Waals surface area contributed by atoms with E-state index in [-0.39, 0.29) is 29.3 Å². The second-order valence-electron chi connectivity index (χ2n) is 6.14. The third-order valence-corrected chi connectivity index (χ3v) is 4.37. The first-order chi connectivity index (χ1) is 13.5. The number of nitriles is 1. The predicted octanol–water partition coefficient (Wildman–Crippen LogP) is 4.09. The van der Waals surface area contributed by atoms with Gasteiger partial charge in [-0.15, -0.1) is 0 Å². The summed E-state index contributed by atoms with van der Waals surface area (Å²) in [6.45, 7) is 0. The molecule has 1 heterocycles. The topological polar surface area (TPSA) is 108 Å². The average molecular weight is 373 g/mol. The van der Waals surface area contributed by atoms with Gasteiger partial charge in [-0.1, -0.05) is 24.3 Å². The highest BCUT2D eigenvalue weighted by Crippen LogP contribution is 2.27. The number of ketones is 2. The molecule has 0 spiro atoms. The van der Waals surface area contributed by atoms with Crippen LogP contribution in [0.15, 0.2) is 71.3 Å². The smallest absolute Gasteiger partial charge is 0.335 e. The molecule has 0 bridgehead atoms. The van der Waals surface area contributed by atoms with Crippen LogP contribution in [0.25, 0.3) is 0 Å². The van der Waals surface area contributed by atoms with E-state index in [1.54, 1.807) is 18.2 Å². The Morgan fingerprint density at radius 2 is 1.61 bits per heavy atom. The second-order valence-corrected chi connectivity index (χ2v) is 6.14. The Kier molecular flexibility index (Phi) is 5.47. The van der Waals surface area contributed by atoms with E-state index < -0.39 is 11.9 Å². The van der Waals surface area contributed by atoms with Crippen LogP contribution in [0.4, 0.5) is 0 Å². The van der Waals surface area contributed by atoms with Gasteiger partial charge in [0.05, 0.1) is 29.4 Å². The first-order valence-corrected chi connectivity index (χ1v) is 8.44. The number of Topliss-reactive ketones (excluding diaryl/α,β-unsaturated/α-hetero) is 2. The van der Waals surface area contributed by atoms with Crippen molar-refractivity contribution in [3.63, 3.8) is 0 Å². The fourth-order valence-corrected chi connectivity index (χ4v) is 2.84. The van der Waals surface area contributed by atoms with Gasteiger partial charge in [0.25, 0.3) is 0 Å². The highest BCUT2D eigenvalue weighted by atomic mass is 16.4. The third kappa shape index (κ3) is 4.05. The zero-order chi connectivity index (χ0) is 20.1. The molecule has 1 aromatic heterocycles. The van der Waals surface area contributed by atoms with Gasteiger partial charge in [0.15, 0.2) is 11.5 Å². The predicted molar refractivity (Wildman–Crippen MR) is 99.3 cm³/mol. The molecule has 1 unspecified atom stereocenters. The van der Waals surface area contributed by atoms with E-state index in [2.05, 4.69) is 0 Å². The van der Waals surface area contributed by atoms with Gasteiger partial charge in [-0.05, 0) is 42.0 Å². The van der Waals surface area contributed by atoms with E-state index >= 15 is 0 Å². The van der Waals surface area contributed by atoms with Crippen LogP contribution in [0.3, 0.4) is 0 Å². The van der Waals surface area contributed by atoms with E-state index in [1.165, 1.54) is 48.7 Å². The Morgan fingerprint density at radius 3 is 2.14 bits per heavy atom. The number of nitrogens with zero attached hydrogens (tertiary/aromatic N) is 1. The summed E-state index contributed by atoms with van der Waals surface area (Å²) in [5, 5.41) is 17.9. The lowest BCUT2D eigenvalue weighted by molar-refractivity contribution is 0.0696. The molecule has 138 valence electrons. The van der Waals surface area contributed by atoms with Crippen molar-refractivity contribution in [3.05, 3.63) is 94.9 Å². The number of carboxylic acids is 1. The molecule has 0 aliphatic rings. The molecule has 6 nitrogen and oxygen atoms in total. The van der Waals surface area contributed by atoms with Gasteiger partial charge in [-0.2, -0.15) is 5.26 Å². The molecule has 3 rings (SSSR count). The Morgan fingerprint density at radius 1 is 0.964 bits per heavy atom. The molecular formula is C22H15NO5. The average Bonchev–Trinajstić information content (AvgIpc) is 3.26. The van der Waals surface area contributed by atoms with Gasteiger partial charge in [-0.3, -0.25) is 9.59 Å². The van der Waals surface area contributed by atoms with Crippen LogP contribution in [-0.4, -0.2) is 22.6 Å². The van der Waals surface area contributed by atoms with Crippen LogP contribution < -0.4 is 0 Å². The van der Waals surface area contributed by atoms with Crippen molar-refractivity contribution in [2.24, 2.45) is 0 Å². The summed E-state index contributed by atoms with van der Waals surface area (Å²) in [7, 11) is 0. The van der Waals surface area contributed by atoms with Crippen molar-refractivity contribution in [3.8, 4) is 6.07 Å². The summed E-state index contributed by atoms with van der Waals surface area (Å²) in [6, 6.07) is 17.1. The number of hydrogen-bond acceptors (Lipinski definition) is 5. The minimum atomic E-state index is -1.07. The number of hydrogen-bond donors (Lipinski definition) is 1. The highest BCUT2D eigenvalue weighted by Gasteiger charge is 2.27. The van der Waals surface area contributed by atoms with Gasteiger partial charge in [-0.25, -0.2) is 4.79 Å². The third-order valence-electron chi connectivity index (χ3n) is 4.37. The maximum atomic E-state index is 12.9. The molecule has 0 saturated carbocycles. The number of carboxylic acid groups (broad SMARTS) is 1. The molecule has 28 heavy (non-hydrogen) atoms. The molecule has 0 radical (unpaired) electrons. The Labute approximate surface area is 160 Å². The van der Waals surface area contributed by atoms with Gasteiger partial charge in [0, 0.05) is 12.0 Å². The molecule has 0 aliphatic heterocycles. The summed E-state index contributed by atoms with van der Waals surface area (Å²) in [6.07, 6.45) is 1.26. The van der Waals surface area contributed by atoms with Gasteiger partial charge < -0.3 is 9.52 Å². The van der Waals surface area contributed by atoms with Gasteiger partial charge in [0.1, 0.15) is 0 Å². The standard InChI is InChI=1S/C22H15NO5/c23-13-14-3-5-16(6-4-14)19(24)12-18(21(25)20-2-1-11-28-20)15-7-9-17(10-8-15)22(26)27/h1-11,18H,12H2,(H,26,27). The molecule has 3 aromatic rings. The minimum absolute atomic E-state index is 0.0892. The number of furan rings is 1. The molecule has 6 heteroatoms. The van der Waals surface area contributed by atoms with E-state index in [4.69, 9.17) is 14.8 Å². The number of carbonyl (C=O) groups is 3. The summed E-state index contributed by atoms with van der Waals surface area (Å²) < 4.78 is 5.19. The number of benzene rings is 2. The van der Waals surface area contributed by atoms with Gasteiger partial charge in [0.2, 0.25) is 5.78 Å². The van der Waals surface area contributed by atoms with E-state index in [1.807, 2.05) is 6.07 Å². The van der Waals surface area contributed by atoms with E-state index in [9.17, 15) is 14.4 Å². The van der Waals surface area contributed by atoms with Gasteiger partial charge >= 0.3 is 5.97 Å². The van der Waals surface area contributed by atoms with Crippen LogP contribution in [0.1, 0.15) is 54.7 Å². The van der Waals surface area contributed by atoms with Crippen LogP contribution in [0.5, 0.6) is 0 Å². The Bertz CT molecular complexity index is 1040. The second kappa shape index (κ2) is 8.14. The van der Waals surface area contributed by atoms with Crippen molar-refractivity contribution in [1.29, 1.82) is 5.26 Å². The normalized spacial score (nSPS) is 11.4. The molecule has 0 fully saturated rings. The molecule has 1 atom stereocenters. The zero-order valence-electron chi connectivity index (χ0n) is 14.7. The Balaban J connectivity index is 1.91. The highest BCUT2D eigenvalue weighted by molar-refractivity contribution is 6.05. The fourth-order valence-electron chi connectivity index (χ4n) is 2.84. The lowest BCUT2D eigenvalue weighted by Gasteiger charge is -2.15. The molecule has 2 aromatic carbocycles. The molecule has 0 aliphatic carbocycles. The van der Waals surface area contributed by atoms with Crippen LogP contribution in [0, 0.1) is 11.3 Å². The Hall–Kier alpha value is -3.98. The minimum Gasteiger partial charge on any atom is -0.478 e. The van der Waals surface area contributed by atoms with Crippen molar-refractivity contribution in [1.82, 2.24) is 0 Å². The van der Waals surface area contributed by atoms with Crippen molar-refractivity contribution in [2.75, 3.05) is 0 Å². The van der Waals surface area contributed by atoms with Crippen LogP contribution in [-0.2, 0) is 0 Å². The largest absolute Gasteiger partial charge is 0.478 e. The first kappa shape index (κ1) is 18.8.